The molecule has 0 fully saturated rings. The van der Waals surface area contributed by atoms with Crippen LogP contribution in [0.1, 0.15) is 11.1 Å². The lowest BCUT2D eigenvalue weighted by Crippen LogP contribution is -1.83. The highest BCUT2D eigenvalue weighted by molar-refractivity contribution is 9.10. The van der Waals surface area contributed by atoms with Crippen molar-refractivity contribution in [2.45, 2.75) is 10.1 Å². The van der Waals surface area contributed by atoms with E-state index in [9.17, 15) is 0 Å². The largest absolute Gasteiger partial charge is 0.230 e. The van der Waals surface area contributed by atoms with E-state index in [1.165, 1.54) is 4.70 Å². The van der Waals surface area contributed by atoms with Crippen LogP contribution in [-0.4, -0.2) is 4.98 Å². The molecule has 0 spiro atoms. The number of thioether (sulfide) groups is 1. The van der Waals surface area contributed by atoms with Gasteiger partial charge in [0, 0.05) is 15.2 Å². The average molecular weight is 397 g/mol. The molecule has 0 amide bonds. The summed E-state index contributed by atoms with van der Waals surface area (Å²) in [5.74, 6) is 0.817. The first-order valence-corrected chi connectivity index (χ1v) is 9.23. The fraction of sp³-hybridized carbons (Fsp3) is 0.0625. The maximum absolute atomic E-state index is 6.29. The quantitative estimate of drug-likeness (QED) is 0.458. The zero-order valence-corrected chi connectivity index (χ0v) is 15.0. The van der Waals surface area contributed by atoms with E-state index in [-0.39, 0.29) is 0 Å². The Morgan fingerprint density at radius 3 is 2.90 bits per heavy atom. The molecule has 1 aromatic heterocycles. The van der Waals surface area contributed by atoms with Crippen molar-refractivity contribution in [1.82, 2.24) is 4.98 Å². The molecule has 0 aliphatic rings. The molecule has 21 heavy (non-hydrogen) atoms. The van der Waals surface area contributed by atoms with Crippen molar-refractivity contribution in [3.8, 4) is 0 Å². The van der Waals surface area contributed by atoms with Gasteiger partial charge in [-0.05, 0) is 35.4 Å². The van der Waals surface area contributed by atoms with Crippen LogP contribution in [0.2, 0.25) is 5.02 Å². The number of benzene rings is 2. The molecule has 3 rings (SSSR count). The molecule has 0 saturated carbocycles. The van der Waals surface area contributed by atoms with Crippen molar-refractivity contribution in [3.63, 3.8) is 0 Å². The van der Waals surface area contributed by atoms with Crippen LogP contribution in [0, 0.1) is 0 Å². The van der Waals surface area contributed by atoms with Gasteiger partial charge >= 0.3 is 0 Å². The summed E-state index contributed by atoms with van der Waals surface area (Å²) in [7, 11) is 0. The van der Waals surface area contributed by atoms with Crippen LogP contribution < -0.4 is 0 Å². The number of nitrogens with zero attached hydrogens (tertiary/aromatic N) is 1. The average Bonchev–Trinajstić information content (AvgIpc) is 2.87. The summed E-state index contributed by atoms with van der Waals surface area (Å²) in [5, 5.41) is 0.781. The van der Waals surface area contributed by atoms with Crippen molar-refractivity contribution in [1.29, 1.82) is 0 Å². The second-order valence-corrected chi connectivity index (χ2v) is 8.01. The van der Waals surface area contributed by atoms with E-state index in [4.69, 9.17) is 11.6 Å². The van der Waals surface area contributed by atoms with Gasteiger partial charge in [-0.3, -0.25) is 0 Å². The van der Waals surface area contributed by atoms with Crippen LogP contribution in [-0.2, 0) is 5.75 Å². The van der Waals surface area contributed by atoms with Crippen molar-refractivity contribution in [3.05, 3.63) is 63.6 Å². The molecule has 0 aliphatic heterocycles. The monoisotopic (exact) mass is 395 g/mol. The molecular weight excluding hydrogens is 386 g/mol. The summed E-state index contributed by atoms with van der Waals surface area (Å²) in [6.07, 6.45) is 1.80. The van der Waals surface area contributed by atoms with E-state index in [1.807, 2.05) is 24.3 Å². The van der Waals surface area contributed by atoms with E-state index in [0.29, 0.717) is 0 Å². The first-order valence-electron chi connectivity index (χ1n) is 6.25. The molecule has 0 atom stereocenters. The molecule has 3 aromatic rings. The van der Waals surface area contributed by atoms with Gasteiger partial charge in [0.15, 0.2) is 4.34 Å². The number of fused-ring (bicyclic) bond motifs is 1. The van der Waals surface area contributed by atoms with Crippen molar-refractivity contribution >= 4 is 66.9 Å². The van der Waals surface area contributed by atoms with E-state index < -0.39 is 0 Å². The Balaban J connectivity index is 1.78. The minimum absolute atomic E-state index is 0.781. The van der Waals surface area contributed by atoms with Gasteiger partial charge in [-0.25, -0.2) is 4.98 Å². The van der Waals surface area contributed by atoms with Gasteiger partial charge in [-0.2, -0.15) is 0 Å². The topological polar surface area (TPSA) is 12.9 Å². The molecule has 0 aliphatic carbocycles. The Labute approximate surface area is 145 Å². The van der Waals surface area contributed by atoms with E-state index in [1.54, 1.807) is 29.2 Å². The van der Waals surface area contributed by atoms with Gasteiger partial charge < -0.3 is 0 Å². The highest BCUT2D eigenvalue weighted by Gasteiger charge is 2.07. The summed E-state index contributed by atoms with van der Waals surface area (Å²) in [4.78, 5) is 4.64. The fourth-order valence-electron chi connectivity index (χ4n) is 1.89. The SMILES string of the molecule is C=Cc1ccc(CSc2nc3cc(Br)ccc3s2)c(Cl)c1. The van der Waals surface area contributed by atoms with Crippen LogP contribution >= 0.6 is 50.6 Å². The van der Waals surface area contributed by atoms with E-state index in [0.717, 1.165) is 36.2 Å². The van der Waals surface area contributed by atoms with Gasteiger partial charge in [-0.1, -0.05) is 64.1 Å². The van der Waals surface area contributed by atoms with Crippen LogP contribution in [0.25, 0.3) is 16.3 Å². The predicted octanol–water partition coefficient (Wildman–Crippen LogP) is 6.65. The highest BCUT2D eigenvalue weighted by atomic mass is 79.9. The second kappa shape index (κ2) is 6.53. The molecule has 1 nitrogen and oxygen atoms in total. The normalized spacial score (nSPS) is 11.0. The summed E-state index contributed by atoms with van der Waals surface area (Å²) in [6.45, 7) is 3.75. The molecule has 0 unspecified atom stereocenters. The summed E-state index contributed by atoms with van der Waals surface area (Å²) in [5.41, 5.74) is 3.19. The minimum atomic E-state index is 0.781. The third-order valence-electron chi connectivity index (χ3n) is 2.99. The lowest BCUT2D eigenvalue weighted by molar-refractivity contribution is 1.29. The lowest BCUT2D eigenvalue weighted by Gasteiger charge is -2.03. The number of rotatable bonds is 4. The number of thiazole rings is 1. The molecule has 0 radical (unpaired) electrons. The van der Waals surface area contributed by atoms with Crippen molar-refractivity contribution in [2.24, 2.45) is 0 Å². The minimum Gasteiger partial charge on any atom is -0.230 e. The Hall–Kier alpha value is -0.810. The molecule has 0 bridgehead atoms. The predicted molar refractivity (Wildman–Crippen MR) is 98.4 cm³/mol. The third-order valence-corrected chi connectivity index (χ3v) is 6.07. The number of aromatic nitrogens is 1. The van der Waals surface area contributed by atoms with Crippen LogP contribution in [0.4, 0.5) is 0 Å². The maximum atomic E-state index is 6.29. The zero-order valence-electron chi connectivity index (χ0n) is 11.0. The maximum Gasteiger partial charge on any atom is 0.151 e. The van der Waals surface area contributed by atoms with Crippen LogP contribution in [0.5, 0.6) is 0 Å². The van der Waals surface area contributed by atoms with Gasteiger partial charge in [-0.15, -0.1) is 11.3 Å². The van der Waals surface area contributed by atoms with Gasteiger partial charge in [0.25, 0.3) is 0 Å². The smallest absolute Gasteiger partial charge is 0.151 e. The van der Waals surface area contributed by atoms with Gasteiger partial charge in [0.1, 0.15) is 0 Å². The third kappa shape index (κ3) is 3.51. The molecular formula is C16H11BrClNS2. The Morgan fingerprint density at radius 2 is 2.14 bits per heavy atom. The van der Waals surface area contributed by atoms with Crippen LogP contribution in [0.15, 0.2) is 51.8 Å². The second-order valence-electron chi connectivity index (χ2n) is 4.44. The van der Waals surface area contributed by atoms with Gasteiger partial charge in [0.05, 0.1) is 10.2 Å². The van der Waals surface area contributed by atoms with Gasteiger partial charge in [0.2, 0.25) is 0 Å². The first-order chi connectivity index (χ1) is 10.2. The molecule has 5 heteroatoms. The number of hydrogen-bond acceptors (Lipinski definition) is 3. The van der Waals surface area contributed by atoms with E-state index in [2.05, 4.69) is 39.6 Å². The Morgan fingerprint density at radius 1 is 1.29 bits per heavy atom. The van der Waals surface area contributed by atoms with E-state index >= 15 is 0 Å². The molecule has 0 N–H and O–H groups in total. The first kappa shape index (κ1) is 15.1. The molecule has 0 saturated heterocycles. The fourth-order valence-corrected chi connectivity index (χ4v) is 4.63. The molecule has 106 valence electrons. The van der Waals surface area contributed by atoms with Crippen molar-refractivity contribution in [2.75, 3.05) is 0 Å². The summed E-state index contributed by atoms with van der Waals surface area (Å²) < 4.78 is 3.32. The Bertz CT molecular complexity index is 813. The summed E-state index contributed by atoms with van der Waals surface area (Å²) in [6, 6.07) is 12.2. The lowest BCUT2D eigenvalue weighted by atomic mass is 10.1. The molecule has 1 heterocycles. The highest BCUT2D eigenvalue weighted by Crippen LogP contribution is 2.34. The van der Waals surface area contributed by atoms with Crippen molar-refractivity contribution < 1.29 is 0 Å². The van der Waals surface area contributed by atoms with Crippen LogP contribution in [0.3, 0.4) is 0 Å². The standard InChI is InChI=1S/C16H11BrClNS2/c1-2-10-3-4-11(13(18)7-10)9-20-16-19-14-8-12(17)5-6-15(14)21-16/h2-8H,1,9H2. The zero-order chi connectivity index (χ0) is 14.8. The summed E-state index contributed by atoms with van der Waals surface area (Å²) >= 11 is 13.2. The molecule has 2 aromatic carbocycles. The number of hydrogen-bond donors (Lipinski definition) is 0. The number of halogens is 2. The Kier molecular flexibility index (Phi) is 4.69.